The maximum absolute atomic E-state index is 13.9. The van der Waals surface area contributed by atoms with Crippen LogP contribution in [0.25, 0.3) is 5.65 Å². The summed E-state index contributed by atoms with van der Waals surface area (Å²) in [7, 11) is 0. The molecule has 4 rings (SSSR count). The first kappa shape index (κ1) is 31.0. The second kappa shape index (κ2) is 12.9. The van der Waals surface area contributed by atoms with Crippen LogP contribution < -0.4 is 10.6 Å². The fourth-order valence-corrected chi connectivity index (χ4v) is 4.85. The molecule has 228 valence electrons. The number of alkyl carbamates (subject to hydrolysis) is 1. The fourth-order valence-electron chi connectivity index (χ4n) is 4.85. The number of fused-ring (bicyclic) bond motifs is 1. The van der Waals surface area contributed by atoms with Gasteiger partial charge in [0.05, 0.1) is 30.0 Å². The molecule has 3 aromatic rings. The van der Waals surface area contributed by atoms with Gasteiger partial charge in [-0.25, -0.2) is 31.9 Å². The van der Waals surface area contributed by atoms with Gasteiger partial charge in [-0.3, -0.25) is 4.79 Å². The van der Waals surface area contributed by atoms with Crippen molar-refractivity contribution in [1.82, 2.24) is 25.2 Å². The highest BCUT2D eigenvalue weighted by molar-refractivity contribution is 5.83. The lowest BCUT2D eigenvalue weighted by atomic mass is 9.81. The molecule has 0 aliphatic heterocycles. The molecule has 2 amide bonds. The van der Waals surface area contributed by atoms with Crippen LogP contribution in [0, 0.1) is 5.92 Å². The number of aromatic nitrogens is 3. The first-order valence-electron chi connectivity index (χ1n) is 13.1. The molecule has 15 heteroatoms. The van der Waals surface area contributed by atoms with Crippen LogP contribution in [-0.2, 0) is 16.1 Å². The van der Waals surface area contributed by atoms with Crippen LogP contribution in [0.5, 0.6) is 0 Å². The van der Waals surface area contributed by atoms with Crippen molar-refractivity contribution in [2.45, 2.75) is 69.2 Å². The number of ether oxygens (including phenoxy) is 1. The van der Waals surface area contributed by atoms with Crippen LogP contribution in [0.4, 0.5) is 35.5 Å². The first-order chi connectivity index (χ1) is 19.8. The molecule has 2 heterocycles. The van der Waals surface area contributed by atoms with Crippen LogP contribution in [0.1, 0.15) is 60.9 Å². The van der Waals surface area contributed by atoms with E-state index < -0.39 is 74.2 Å². The molecule has 0 bridgehead atoms. The zero-order valence-electron chi connectivity index (χ0n) is 22.1. The van der Waals surface area contributed by atoms with Crippen molar-refractivity contribution in [2.24, 2.45) is 5.92 Å². The largest absolute Gasteiger partial charge is 0.445 e. The molecule has 2 N–H and O–H groups in total. The van der Waals surface area contributed by atoms with E-state index in [0.717, 1.165) is 11.8 Å². The fraction of sp³-hybridized carbons (Fsp3) is 0.481. The average molecular weight is 604 g/mol. The third-order valence-electron chi connectivity index (χ3n) is 6.99. The number of amides is 2. The maximum Gasteiger partial charge on any atom is 0.408 e. The Hall–Kier alpha value is -3.91. The van der Waals surface area contributed by atoms with Crippen LogP contribution in [0.3, 0.4) is 0 Å². The van der Waals surface area contributed by atoms with Gasteiger partial charge in [-0.15, -0.1) is 0 Å². The maximum atomic E-state index is 13.9. The molecule has 0 saturated heterocycles. The molecule has 2 atom stereocenters. The smallest absolute Gasteiger partial charge is 0.408 e. The summed E-state index contributed by atoms with van der Waals surface area (Å²) in [6.45, 7) is -1.73. The van der Waals surface area contributed by atoms with Gasteiger partial charge in [0.25, 0.3) is 0 Å². The van der Waals surface area contributed by atoms with E-state index in [4.69, 9.17) is 4.74 Å². The predicted octanol–water partition coefficient (Wildman–Crippen LogP) is 5.94. The summed E-state index contributed by atoms with van der Waals surface area (Å²) in [6, 6.07) is 9.20. The van der Waals surface area contributed by atoms with Crippen molar-refractivity contribution >= 4 is 17.6 Å². The summed E-state index contributed by atoms with van der Waals surface area (Å²) in [5.74, 6) is -6.18. The zero-order chi connectivity index (χ0) is 30.5. The quantitative estimate of drug-likeness (QED) is 0.280. The normalized spacial score (nSPS) is 17.1. The van der Waals surface area contributed by atoms with E-state index in [1.807, 2.05) is 0 Å². The summed E-state index contributed by atoms with van der Waals surface area (Å²) < 4.78 is 98.5. The second-order valence-electron chi connectivity index (χ2n) is 10.1. The van der Waals surface area contributed by atoms with Gasteiger partial charge < -0.3 is 15.4 Å². The minimum Gasteiger partial charge on any atom is -0.445 e. The van der Waals surface area contributed by atoms with Crippen molar-refractivity contribution in [3.8, 4) is 0 Å². The molecule has 1 aliphatic carbocycles. The van der Waals surface area contributed by atoms with Crippen molar-refractivity contribution in [3.05, 3.63) is 65.6 Å². The standard InChI is InChI=1S/C27H28F7N5O3/c28-21(29)11-19(24(40)35-15-27(32,33)34)18-10-22-37-20(13-39(22)36-12-18)23(17-6-8-26(30,31)9-7-17)38-25(41)42-14-16-4-2-1-3-5-16/h1-5,10,12-13,17,19,21,23H,6-9,11,14-15H2,(H,35,40)(H,38,41)/t19?,23-/m0/s1. The van der Waals surface area contributed by atoms with Crippen LogP contribution in [0.2, 0.25) is 0 Å². The number of imidazole rings is 1. The van der Waals surface area contributed by atoms with Gasteiger partial charge in [0, 0.05) is 19.3 Å². The van der Waals surface area contributed by atoms with E-state index in [1.54, 1.807) is 35.6 Å². The minimum atomic E-state index is -4.74. The Labute approximate surface area is 235 Å². The number of alkyl halides is 7. The van der Waals surface area contributed by atoms with E-state index in [0.29, 0.717) is 0 Å². The number of benzene rings is 1. The van der Waals surface area contributed by atoms with Gasteiger partial charge in [-0.05, 0) is 36.0 Å². The molecule has 0 spiro atoms. The minimum absolute atomic E-state index is 0.0415. The number of halogens is 7. The Bertz CT molecular complexity index is 1360. The van der Waals surface area contributed by atoms with Crippen molar-refractivity contribution in [1.29, 1.82) is 0 Å². The van der Waals surface area contributed by atoms with Crippen LogP contribution >= 0.6 is 0 Å². The molecule has 1 fully saturated rings. The average Bonchev–Trinajstić information content (AvgIpc) is 3.36. The van der Waals surface area contributed by atoms with Gasteiger partial charge in [-0.2, -0.15) is 18.3 Å². The van der Waals surface area contributed by atoms with Crippen molar-refractivity contribution < 1.29 is 45.1 Å². The molecular weight excluding hydrogens is 575 g/mol. The third-order valence-corrected chi connectivity index (χ3v) is 6.99. The molecule has 42 heavy (non-hydrogen) atoms. The predicted molar refractivity (Wildman–Crippen MR) is 135 cm³/mol. The van der Waals surface area contributed by atoms with Crippen LogP contribution in [-0.4, -0.2) is 51.7 Å². The van der Waals surface area contributed by atoms with Crippen molar-refractivity contribution in [2.75, 3.05) is 6.54 Å². The van der Waals surface area contributed by atoms with Crippen molar-refractivity contribution in [3.63, 3.8) is 0 Å². The summed E-state index contributed by atoms with van der Waals surface area (Å²) in [5.41, 5.74) is 0.904. The lowest BCUT2D eigenvalue weighted by molar-refractivity contribution is -0.139. The number of hydrogen-bond acceptors (Lipinski definition) is 5. The van der Waals surface area contributed by atoms with E-state index in [2.05, 4.69) is 15.4 Å². The van der Waals surface area contributed by atoms with E-state index in [9.17, 15) is 40.3 Å². The Morgan fingerprint density at radius 2 is 1.81 bits per heavy atom. The first-order valence-corrected chi connectivity index (χ1v) is 13.1. The highest BCUT2D eigenvalue weighted by Gasteiger charge is 2.39. The molecule has 1 saturated carbocycles. The van der Waals surface area contributed by atoms with E-state index in [1.165, 1.54) is 16.8 Å². The Morgan fingerprint density at radius 1 is 1.12 bits per heavy atom. The number of carbonyl (C=O) groups excluding carboxylic acids is 2. The molecule has 2 aromatic heterocycles. The SMILES string of the molecule is O=C(N[C@H](c1cn2ncc(C(CC(F)F)C(=O)NCC(F)(F)F)cc2n1)C1CCC(F)(F)CC1)OCc1ccccc1. The highest BCUT2D eigenvalue weighted by Crippen LogP contribution is 2.41. The summed E-state index contributed by atoms with van der Waals surface area (Å²) in [4.78, 5) is 29.5. The molecule has 0 radical (unpaired) electrons. The topological polar surface area (TPSA) is 97.6 Å². The molecule has 1 unspecified atom stereocenters. The summed E-state index contributed by atoms with van der Waals surface area (Å²) in [6.07, 6.45) is -7.78. The Balaban J connectivity index is 1.58. The third kappa shape index (κ3) is 8.55. The Morgan fingerprint density at radius 3 is 2.45 bits per heavy atom. The highest BCUT2D eigenvalue weighted by atomic mass is 19.4. The molecule has 8 nitrogen and oxygen atoms in total. The number of carbonyl (C=O) groups is 2. The molecule has 1 aromatic carbocycles. The molecule has 1 aliphatic rings. The van der Waals surface area contributed by atoms with Gasteiger partial charge in [-0.1, -0.05) is 30.3 Å². The summed E-state index contributed by atoms with van der Waals surface area (Å²) >= 11 is 0. The van der Waals surface area contributed by atoms with Gasteiger partial charge in [0.15, 0.2) is 5.65 Å². The van der Waals surface area contributed by atoms with Gasteiger partial charge in [0.1, 0.15) is 13.2 Å². The second-order valence-corrected chi connectivity index (χ2v) is 10.1. The Kier molecular flexibility index (Phi) is 9.57. The number of nitrogens with zero attached hydrogens (tertiary/aromatic N) is 3. The van der Waals surface area contributed by atoms with Crippen LogP contribution in [0.15, 0.2) is 48.8 Å². The number of nitrogens with one attached hydrogen (secondary N) is 2. The number of hydrogen-bond donors (Lipinski definition) is 2. The lowest BCUT2D eigenvalue weighted by Crippen LogP contribution is -2.37. The zero-order valence-corrected chi connectivity index (χ0v) is 22.1. The van der Waals surface area contributed by atoms with E-state index in [-0.39, 0.29) is 36.4 Å². The van der Waals surface area contributed by atoms with Gasteiger partial charge in [0.2, 0.25) is 18.3 Å². The summed E-state index contributed by atoms with van der Waals surface area (Å²) in [5, 5.41) is 8.38. The van der Waals surface area contributed by atoms with Gasteiger partial charge >= 0.3 is 12.3 Å². The lowest BCUT2D eigenvalue weighted by Gasteiger charge is -2.33. The van der Waals surface area contributed by atoms with E-state index >= 15 is 0 Å². The number of rotatable bonds is 10. The monoisotopic (exact) mass is 603 g/mol. The molecular formula is C27H28F7N5O3.